The lowest BCUT2D eigenvalue weighted by molar-refractivity contribution is -0.387. The van der Waals surface area contributed by atoms with Crippen molar-refractivity contribution in [2.24, 2.45) is 5.92 Å². The molecule has 1 fully saturated rings. The second kappa shape index (κ2) is 8.90. The number of alkyl halides is 1. The van der Waals surface area contributed by atoms with Crippen molar-refractivity contribution in [3.05, 3.63) is 97.5 Å². The predicted octanol–water partition coefficient (Wildman–Crippen LogP) is 8.05. The minimum Gasteiger partial charge on any atom is -0.378 e. The Labute approximate surface area is 209 Å². The molecule has 8 heteroatoms. The summed E-state index contributed by atoms with van der Waals surface area (Å²) in [6.07, 6.45) is 0.849. The van der Waals surface area contributed by atoms with Crippen LogP contribution in [-0.2, 0) is 0 Å². The van der Waals surface area contributed by atoms with E-state index in [1.807, 2.05) is 30.3 Å². The largest absolute Gasteiger partial charge is 0.378 e. The number of nitro groups is 1. The Bertz CT molecular complexity index is 1180. The van der Waals surface area contributed by atoms with Crippen LogP contribution in [0.15, 0.2) is 76.1 Å². The highest BCUT2D eigenvalue weighted by atomic mass is 79.9. The second-order valence-electron chi connectivity index (χ2n) is 8.16. The van der Waals surface area contributed by atoms with Crippen molar-refractivity contribution in [1.29, 1.82) is 0 Å². The van der Waals surface area contributed by atoms with E-state index in [9.17, 15) is 10.1 Å². The molecule has 5 rings (SSSR count). The number of fused-ring (bicyclic) bond motifs is 3. The van der Waals surface area contributed by atoms with Crippen LogP contribution in [0, 0.1) is 16.0 Å². The van der Waals surface area contributed by atoms with Crippen LogP contribution >= 0.6 is 50.9 Å². The lowest BCUT2D eigenvalue weighted by Crippen LogP contribution is -2.31. The standard InChI is InChI=1S/C24H19BrCl2N2O2S/c25-14-7-10-18-16(11-14)22-17(24(28-18)13-5-8-15(26)9-6-13)12-21(23(22)27)32-20-4-2-1-3-19(20)29(30)31/h1-11,17,21-24,28H,12H2/t17-,21+,22+,23-,24-/m0/s1. The summed E-state index contributed by atoms with van der Waals surface area (Å²) in [6.45, 7) is 0. The van der Waals surface area contributed by atoms with E-state index in [0.29, 0.717) is 9.92 Å². The van der Waals surface area contributed by atoms with Gasteiger partial charge in [-0.1, -0.05) is 51.8 Å². The van der Waals surface area contributed by atoms with E-state index in [0.717, 1.165) is 22.1 Å². The van der Waals surface area contributed by atoms with Gasteiger partial charge >= 0.3 is 0 Å². The van der Waals surface area contributed by atoms with E-state index in [1.165, 1.54) is 17.3 Å². The minimum atomic E-state index is -0.321. The summed E-state index contributed by atoms with van der Waals surface area (Å²) in [5.74, 6) is 0.382. The zero-order valence-corrected chi connectivity index (χ0v) is 20.7. The molecule has 164 valence electrons. The molecule has 1 aliphatic carbocycles. The van der Waals surface area contributed by atoms with Crippen LogP contribution < -0.4 is 5.32 Å². The molecule has 3 aromatic rings. The highest BCUT2D eigenvalue weighted by molar-refractivity contribution is 9.10. The van der Waals surface area contributed by atoms with Gasteiger partial charge in [-0.15, -0.1) is 23.4 Å². The molecule has 1 heterocycles. The molecule has 1 N–H and O–H groups in total. The number of thioether (sulfide) groups is 1. The van der Waals surface area contributed by atoms with Crippen LogP contribution in [0.2, 0.25) is 5.02 Å². The van der Waals surface area contributed by atoms with Crippen molar-refractivity contribution in [2.45, 2.75) is 33.9 Å². The van der Waals surface area contributed by atoms with E-state index in [1.54, 1.807) is 12.1 Å². The maximum Gasteiger partial charge on any atom is 0.282 e. The average molecular weight is 550 g/mol. The molecule has 0 unspecified atom stereocenters. The summed E-state index contributed by atoms with van der Waals surface area (Å²) in [4.78, 5) is 11.9. The molecule has 0 spiro atoms. The van der Waals surface area contributed by atoms with Crippen molar-refractivity contribution in [2.75, 3.05) is 5.32 Å². The molecule has 1 saturated carbocycles. The number of rotatable bonds is 4. The van der Waals surface area contributed by atoms with E-state index in [4.69, 9.17) is 23.2 Å². The number of benzene rings is 3. The number of anilines is 1. The molecular formula is C24H19BrCl2N2O2S. The van der Waals surface area contributed by atoms with Crippen molar-refractivity contribution in [3.8, 4) is 0 Å². The molecule has 0 amide bonds. The fraction of sp³-hybridized carbons (Fsp3) is 0.250. The fourth-order valence-electron chi connectivity index (χ4n) is 4.96. The molecule has 5 atom stereocenters. The molecular weight excluding hydrogens is 531 g/mol. The quantitative estimate of drug-likeness (QED) is 0.203. The molecule has 3 aromatic carbocycles. The summed E-state index contributed by atoms with van der Waals surface area (Å²) in [6, 6.07) is 21.2. The summed E-state index contributed by atoms with van der Waals surface area (Å²) in [7, 11) is 0. The monoisotopic (exact) mass is 548 g/mol. The first-order chi connectivity index (χ1) is 15.4. The molecule has 1 aliphatic heterocycles. The third kappa shape index (κ3) is 4.03. The van der Waals surface area contributed by atoms with Crippen LogP contribution in [-0.4, -0.2) is 15.6 Å². The zero-order valence-electron chi connectivity index (χ0n) is 16.8. The van der Waals surface area contributed by atoms with Crippen LogP contribution in [0.3, 0.4) is 0 Å². The molecule has 32 heavy (non-hydrogen) atoms. The van der Waals surface area contributed by atoms with Gasteiger partial charge in [0.05, 0.1) is 21.2 Å². The summed E-state index contributed by atoms with van der Waals surface area (Å²) in [5, 5.41) is 15.9. The van der Waals surface area contributed by atoms with Crippen molar-refractivity contribution in [1.82, 2.24) is 0 Å². The molecule has 0 radical (unpaired) electrons. The Hall–Kier alpha value is -1.73. The number of nitrogens with zero attached hydrogens (tertiary/aromatic N) is 1. The first-order valence-corrected chi connectivity index (χ1v) is 12.8. The van der Waals surface area contributed by atoms with E-state index < -0.39 is 0 Å². The van der Waals surface area contributed by atoms with E-state index >= 15 is 0 Å². The minimum absolute atomic E-state index is 0.0503. The maximum absolute atomic E-state index is 11.5. The normalized spacial score (nSPS) is 26.2. The molecule has 2 aliphatic rings. The number of hydrogen-bond acceptors (Lipinski definition) is 4. The van der Waals surface area contributed by atoms with E-state index in [-0.39, 0.29) is 39.1 Å². The van der Waals surface area contributed by atoms with Gasteiger partial charge < -0.3 is 5.32 Å². The third-order valence-electron chi connectivity index (χ3n) is 6.35. The van der Waals surface area contributed by atoms with Gasteiger partial charge in [0, 0.05) is 32.4 Å². The topological polar surface area (TPSA) is 55.2 Å². The first-order valence-electron chi connectivity index (χ1n) is 10.3. The van der Waals surface area contributed by atoms with Gasteiger partial charge in [0.25, 0.3) is 5.69 Å². The summed E-state index contributed by atoms with van der Waals surface area (Å²) in [5.41, 5.74) is 3.57. The summed E-state index contributed by atoms with van der Waals surface area (Å²) < 4.78 is 1.01. The second-order valence-corrected chi connectivity index (χ2v) is 11.3. The predicted molar refractivity (Wildman–Crippen MR) is 135 cm³/mol. The third-order valence-corrected chi connectivity index (χ3v) is 9.20. The lowest BCUT2D eigenvalue weighted by Gasteiger charge is -2.38. The van der Waals surface area contributed by atoms with Crippen LogP contribution in [0.25, 0.3) is 0 Å². The SMILES string of the molecule is O=[N+]([O-])c1ccccc1S[C@@H]1C[C@H]2[C@@H](c3cc(Br)ccc3N[C@H]2c2ccc(Cl)cc2)[C@H]1Cl. The maximum atomic E-state index is 11.5. The van der Waals surface area contributed by atoms with Crippen molar-refractivity contribution in [3.63, 3.8) is 0 Å². The number of para-hydroxylation sites is 1. The Kier molecular flexibility index (Phi) is 6.14. The highest BCUT2D eigenvalue weighted by Crippen LogP contribution is 2.58. The van der Waals surface area contributed by atoms with Gasteiger partial charge in [0.15, 0.2) is 0 Å². The van der Waals surface area contributed by atoms with Gasteiger partial charge in [-0.2, -0.15) is 0 Å². The van der Waals surface area contributed by atoms with Crippen LogP contribution in [0.1, 0.15) is 29.5 Å². The van der Waals surface area contributed by atoms with Crippen LogP contribution in [0.5, 0.6) is 0 Å². The Balaban J connectivity index is 1.53. The van der Waals surface area contributed by atoms with Gasteiger partial charge in [0.2, 0.25) is 0 Å². The highest BCUT2D eigenvalue weighted by Gasteiger charge is 2.50. The lowest BCUT2D eigenvalue weighted by atomic mass is 9.77. The zero-order chi connectivity index (χ0) is 22.4. The van der Waals surface area contributed by atoms with Gasteiger partial charge in [-0.05, 0) is 59.9 Å². The van der Waals surface area contributed by atoms with Gasteiger partial charge in [0.1, 0.15) is 0 Å². The molecule has 0 aromatic heterocycles. The average Bonchev–Trinajstić information content (AvgIpc) is 3.10. The molecule has 0 bridgehead atoms. The smallest absolute Gasteiger partial charge is 0.282 e. The van der Waals surface area contributed by atoms with E-state index in [2.05, 4.69) is 45.5 Å². The number of halogens is 3. The van der Waals surface area contributed by atoms with Crippen molar-refractivity contribution < 1.29 is 4.92 Å². The number of nitrogens with one attached hydrogen (secondary N) is 1. The summed E-state index contributed by atoms with van der Waals surface area (Å²) >= 11 is 18.4. The number of hydrogen-bond donors (Lipinski definition) is 1. The molecule has 0 saturated heterocycles. The molecule has 4 nitrogen and oxygen atoms in total. The van der Waals surface area contributed by atoms with Gasteiger partial charge in [-0.3, -0.25) is 10.1 Å². The van der Waals surface area contributed by atoms with Crippen LogP contribution in [0.4, 0.5) is 11.4 Å². The Morgan fingerprint density at radius 3 is 2.59 bits per heavy atom. The van der Waals surface area contributed by atoms with Crippen molar-refractivity contribution >= 4 is 62.3 Å². The fourth-order valence-corrected chi connectivity index (χ4v) is 7.41. The first kappa shape index (κ1) is 22.1. The number of nitro benzene ring substituents is 1. The Morgan fingerprint density at radius 1 is 1.09 bits per heavy atom. The Morgan fingerprint density at radius 2 is 1.84 bits per heavy atom. The van der Waals surface area contributed by atoms with Gasteiger partial charge in [-0.25, -0.2) is 0 Å².